The van der Waals surface area contributed by atoms with E-state index in [0.29, 0.717) is 4.83 Å². The van der Waals surface area contributed by atoms with Crippen molar-refractivity contribution in [1.29, 1.82) is 0 Å². The van der Waals surface area contributed by atoms with E-state index in [0.717, 1.165) is 26.1 Å². The first-order chi connectivity index (χ1) is 8.21. The summed E-state index contributed by atoms with van der Waals surface area (Å²) in [5.74, 6) is 0. The molecule has 0 aliphatic rings. The minimum absolute atomic E-state index is 0.636. The summed E-state index contributed by atoms with van der Waals surface area (Å²) in [5, 5.41) is 8.03. The molecular weight excluding hydrogens is 278 g/mol. The Balaban J connectivity index is 2.37. The summed E-state index contributed by atoms with van der Waals surface area (Å²) in [5.41, 5.74) is 2.49. The van der Waals surface area contributed by atoms with Crippen LogP contribution < -0.4 is 5.32 Å². The summed E-state index contributed by atoms with van der Waals surface area (Å²) >= 11 is 3.65. The lowest BCUT2D eigenvalue weighted by molar-refractivity contribution is 0.566. The van der Waals surface area contributed by atoms with Gasteiger partial charge in [0.15, 0.2) is 0 Å². The molecule has 1 unspecified atom stereocenters. The van der Waals surface area contributed by atoms with Crippen LogP contribution in [0.15, 0.2) is 6.07 Å². The molecule has 1 heterocycles. The molecule has 3 nitrogen and oxygen atoms in total. The fraction of sp³-hybridized carbons (Fsp3) is 0.769. The molecule has 0 radical (unpaired) electrons. The van der Waals surface area contributed by atoms with Crippen LogP contribution in [0.3, 0.4) is 0 Å². The van der Waals surface area contributed by atoms with E-state index in [1.807, 2.05) is 0 Å². The number of nitrogens with one attached hydrogen (secondary N) is 1. The maximum atomic E-state index is 4.54. The van der Waals surface area contributed by atoms with Crippen LogP contribution in [0.25, 0.3) is 0 Å². The van der Waals surface area contributed by atoms with E-state index >= 15 is 0 Å². The van der Waals surface area contributed by atoms with Crippen LogP contribution in [0.4, 0.5) is 0 Å². The molecule has 0 aromatic carbocycles. The number of hydrogen-bond acceptors (Lipinski definition) is 2. The summed E-state index contributed by atoms with van der Waals surface area (Å²) in [6.45, 7) is 9.42. The van der Waals surface area contributed by atoms with Gasteiger partial charge < -0.3 is 5.32 Å². The second-order valence-electron chi connectivity index (χ2n) is 4.27. The number of rotatable bonds is 8. The van der Waals surface area contributed by atoms with Crippen LogP contribution in [0.1, 0.15) is 45.0 Å². The zero-order valence-corrected chi connectivity index (χ0v) is 12.8. The summed E-state index contributed by atoms with van der Waals surface area (Å²) in [7, 11) is 0. The number of nitrogens with zero attached hydrogens (tertiary/aromatic N) is 2. The van der Waals surface area contributed by atoms with E-state index < -0.39 is 0 Å². The van der Waals surface area contributed by atoms with Crippen molar-refractivity contribution in [3.05, 3.63) is 17.5 Å². The molecular formula is C13H24BrN3. The van der Waals surface area contributed by atoms with Gasteiger partial charge in [0.25, 0.3) is 0 Å². The molecule has 17 heavy (non-hydrogen) atoms. The van der Waals surface area contributed by atoms with Gasteiger partial charge in [-0.15, -0.1) is 0 Å². The summed E-state index contributed by atoms with van der Waals surface area (Å²) in [6, 6.07) is 2.21. The van der Waals surface area contributed by atoms with E-state index in [-0.39, 0.29) is 0 Å². The SMILES string of the molecule is CCc1cc(CNCCC(Br)CC)n(CC)n1. The molecule has 0 aliphatic carbocycles. The van der Waals surface area contributed by atoms with E-state index in [1.165, 1.54) is 24.2 Å². The lowest BCUT2D eigenvalue weighted by Crippen LogP contribution is -2.19. The van der Waals surface area contributed by atoms with Gasteiger partial charge in [0.05, 0.1) is 11.4 Å². The Morgan fingerprint density at radius 3 is 2.76 bits per heavy atom. The van der Waals surface area contributed by atoms with E-state index in [2.05, 4.69) is 57.9 Å². The Hall–Kier alpha value is -0.350. The molecule has 4 heteroatoms. The van der Waals surface area contributed by atoms with Crippen LogP contribution in [0.2, 0.25) is 0 Å². The normalized spacial score (nSPS) is 12.9. The summed E-state index contributed by atoms with van der Waals surface area (Å²) in [4.78, 5) is 0.636. The summed E-state index contributed by atoms with van der Waals surface area (Å²) < 4.78 is 2.09. The second-order valence-corrected chi connectivity index (χ2v) is 5.56. The zero-order chi connectivity index (χ0) is 12.7. The van der Waals surface area contributed by atoms with Crippen LogP contribution in [0, 0.1) is 0 Å². The molecule has 0 bridgehead atoms. The van der Waals surface area contributed by atoms with Gasteiger partial charge in [-0.05, 0) is 38.8 Å². The van der Waals surface area contributed by atoms with Gasteiger partial charge in [-0.25, -0.2) is 0 Å². The third kappa shape index (κ3) is 4.80. The van der Waals surface area contributed by atoms with Gasteiger partial charge in [-0.2, -0.15) is 5.10 Å². The Labute approximate surface area is 113 Å². The minimum atomic E-state index is 0.636. The van der Waals surface area contributed by atoms with Crippen LogP contribution in [-0.4, -0.2) is 21.2 Å². The Kier molecular flexibility index (Phi) is 6.82. The second kappa shape index (κ2) is 7.88. The van der Waals surface area contributed by atoms with Crippen molar-refractivity contribution in [2.75, 3.05) is 6.54 Å². The van der Waals surface area contributed by atoms with Crippen LogP contribution in [-0.2, 0) is 19.5 Å². The van der Waals surface area contributed by atoms with E-state index in [4.69, 9.17) is 0 Å². The maximum absolute atomic E-state index is 4.54. The number of alkyl halides is 1. The molecule has 0 aliphatic heterocycles. The van der Waals surface area contributed by atoms with Crippen molar-refractivity contribution in [2.24, 2.45) is 0 Å². The average molecular weight is 302 g/mol. The molecule has 0 saturated carbocycles. The molecule has 1 aromatic rings. The highest BCUT2D eigenvalue weighted by Crippen LogP contribution is 2.09. The number of aromatic nitrogens is 2. The Morgan fingerprint density at radius 1 is 1.41 bits per heavy atom. The van der Waals surface area contributed by atoms with Crippen molar-refractivity contribution < 1.29 is 0 Å². The van der Waals surface area contributed by atoms with E-state index in [9.17, 15) is 0 Å². The van der Waals surface area contributed by atoms with Crippen LogP contribution in [0.5, 0.6) is 0 Å². The maximum Gasteiger partial charge on any atom is 0.0625 e. The third-order valence-corrected chi connectivity index (χ3v) is 4.06. The Morgan fingerprint density at radius 2 is 2.18 bits per heavy atom. The number of aryl methyl sites for hydroxylation is 2. The molecule has 1 N–H and O–H groups in total. The predicted octanol–water partition coefficient (Wildman–Crippen LogP) is 3.12. The smallest absolute Gasteiger partial charge is 0.0625 e. The molecule has 0 fully saturated rings. The predicted molar refractivity (Wildman–Crippen MR) is 76.6 cm³/mol. The van der Waals surface area contributed by atoms with Gasteiger partial charge in [0.1, 0.15) is 0 Å². The van der Waals surface area contributed by atoms with Gasteiger partial charge in [-0.3, -0.25) is 4.68 Å². The van der Waals surface area contributed by atoms with Crippen molar-refractivity contribution >= 4 is 15.9 Å². The zero-order valence-electron chi connectivity index (χ0n) is 11.2. The average Bonchev–Trinajstić information content (AvgIpc) is 2.76. The molecule has 0 spiro atoms. The number of hydrogen-bond donors (Lipinski definition) is 1. The largest absolute Gasteiger partial charge is 0.311 e. The molecule has 1 rings (SSSR count). The van der Waals surface area contributed by atoms with Crippen molar-refractivity contribution in [3.8, 4) is 0 Å². The number of halogens is 1. The Bertz CT molecular complexity index is 322. The van der Waals surface area contributed by atoms with Gasteiger partial charge in [0, 0.05) is 17.9 Å². The molecule has 0 amide bonds. The summed E-state index contributed by atoms with van der Waals surface area (Å²) in [6.07, 6.45) is 3.38. The lowest BCUT2D eigenvalue weighted by atomic mass is 10.2. The first-order valence-corrected chi connectivity index (χ1v) is 7.53. The van der Waals surface area contributed by atoms with E-state index in [1.54, 1.807) is 0 Å². The van der Waals surface area contributed by atoms with Gasteiger partial charge >= 0.3 is 0 Å². The highest BCUT2D eigenvalue weighted by atomic mass is 79.9. The van der Waals surface area contributed by atoms with Crippen molar-refractivity contribution in [3.63, 3.8) is 0 Å². The monoisotopic (exact) mass is 301 g/mol. The van der Waals surface area contributed by atoms with Crippen LogP contribution >= 0.6 is 15.9 Å². The fourth-order valence-corrected chi connectivity index (χ4v) is 2.01. The highest BCUT2D eigenvalue weighted by Gasteiger charge is 2.05. The van der Waals surface area contributed by atoms with Crippen molar-refractivity contribution in [2.45, 2.75) is 58.0 Å². The fourth-order valence-electron chi connectivity index (χ4n) is 1.78. The third-order valence-electron chi connectivity index (χ3n) is 2.96. The van der Waals surface area contributed by atoms with Gasteiger partial charge in [-0.1, -0.05) is 29.8 Å². The lowest BCUT2D eigenvalue weighted by Gasteiger charge is -2.09. The van der Waals surface area contributed by atoms with Gasteiger partial charge in [0.2, 0.25) is 0 Å². The first kappa shape index (κ1) is 14.7. The first-order valence-electron chi connectivity index (χ1n) is 6.61. The highest BCUT2D eigenvalue weighted by molar-refractivity contribution is 9.09. The molecule has 1 aromatic heterocycles. The standard InChI is InChI=1S/C13H24BrN3/c1-4-11(14)7-8-15-10-13-9-12(5-2)16-17(13)6-3/h9,11,15H,4-8,10H2,1-3H3. The molecule has 1 atom stereocenters. The molecule has 0 saturated heterocycles. The topological polar surface area (TPSA) is 29.9 Å². The molecule has 98 valence electrons. The minimum Gasteiger partial charge on any atom is -0.311 e. The quantitative estimate of drug-likeness (QED) is 0.590. The van der Waals surface area contributed by atoms with Crippen molar-refractivity contribution in [1.82, 2.24) is 15.1 Å².